The zero-order chi connectivity index (χ0) is 23.5. The molecule has 1 aliphatic rings. The first-order valence-electron chi connectivity index (χ1n) is 9.41. The highest BCUT2D eigenvalue weighted by Crippen LogP contribution is 2.40. The summed E-state index contributed by atoms with van der Waals surface area (Å²) in [6.45, 7) is 0.931. The molecule has 12 heteroatoms. The second kappa shape index (κ2) is 10.1. The van der Waals surface area contributed by atoms with Gasteiger partial charge in [-0.05, 0) is 12.1 Å². The number of methoxy groups -OCH3 is 3. The average Bonchev–Trinajstić information content (AvgIpc) is 2.78. The van der Waals surface area contributed by atoms with E-state index in [1.54, 1.807) is 0 Å². The molecule has 2 aromatic rings. The van der Waals surface area contributed by atoms with E-state index in [1.165, 1.54) is 49.9 Å². The van der Waals surface area contributed by atoms with E-state index in [-0.39, 0.29) is 46.8 Å². The maximum Gasteiger partial charge on any atom is 0.257 e. The molecule has 2 aromatic carbocycles. The summed E-state index contributed by atoms with van der Waals surface area (Å²) < 4.78 is 48.4. The molecule has 32 heavy (non-hydrogen) atoms. The second-order valence-corrected chi connectivity index (χ2v) is 9.37. The number of nitrogens with one attached hydrogen (secondary N) is 1. The van der Waals surface area contributed by atoms with Crippen molar-refractivity contribution in [2.45, 2.75) is 4.90 Å². The second-order valence-electron chi connectivity index (χ2n) is 6.65. The molecule has 174 valence electrons. The van der Waals surface area contributed by atoms with Crippen molar-refractivity contribution in [1.29, 1.82) is 0 Å². The summed E-state index contributed by atoms with van der Waals surface area (Å²) in [5, 5.41) is 2.59. The first-order chi connectivity index (χ1) is 15.2. The Kier molecular flexibility index (Phi) is 7.73. The molecule has 0 aliphatic carbocycles. The Bertz CT molecular complexity index is 1090. The van der Waals surface area contributed by atoms with Crippen molar-refractivity contribution in [2.24, 2.45) is 0 Å². The summed E-state index contributed by atoms with van der Waals surface area (Å²) in [5.41, 5.74) is 0.268. The topological polar surface area (TPSA) is 103 Å². The van der Waals surface area contributed by atoms with E-state index in [0.717, 1.165) is 0 Å². The molecule has 1 saturated heterocycles. The Morgan fingerprint density at radius 1 is 0.969 bits per heavy atom. The van der Waals surface area contributed by atoms with Gasteiger partial charge in [0.05, 0.1) is 50.2 Å². The molecule has 3 rings (SSSR count). The summed E-state index contributed by atoms with van der Waals surface area (Å²) in [6, 6.07) is 5.48. The van der Waals surface area contributed by atoms with Crippen molar-refractivity contribution in [3.8, 4) is 17.2 Å². The van der Waals surface area contributed by atoms with Crippen LogP contribution >= 0.6 is 23.2 Å². The van der Waals surface area contributed by atoms with Gasteiger partial charge in [0.15, 0.2) is 11.5 Å². The Morgan fingerprint density at radius 2 is 1.56 bits per heavy atom. The highest BCUT2D eigenvalue weighted by Gasteiger charge is 2.30. The van der Waals surface area contributed by atoms with E-state index < -0.39 is 15.9 Å². The van der Waals surface area contributed by atoms with Crippen LogP contribution in [-0.2, 0) is 14.8 Å². The van der Waals surface area contributed by atoms with E-state index in [9.17, 15) is 13.2 Å². The summed E-state index contributed by atoms with van der Waals surface area (Å²) in [5.74, 6) is 0.385. The summed E-state index contributed by atoms with van der Waals surface area (Å²) in [4.78, 5) is 12.8. The van der Waals surface area contributed by atoms with Crippen LogP contribution in [0.15, 0.2) is 29.2 Å². The van der Waals surface area contributed by atoms with Crippen molar-refractivity contribution in [1.82, 2.24) is 4.31 Å². The molecule has 0 bridgehead atoms. The predicted octanol–water partition coefficient (Wildman–Crippen LogP) is 3.29. The lowest BCUT2D eigenvalue weighted by molar-refractivity contribution is 0.0730. The van der Waals surface area contributed by atoms with Gasteiger partial charge in [0.1, 0.15) is 4.90 Å². The molecular weight excluding hydrogens is 483 g/mol. The molecule has 0 atom stereocenters. The molecule has 0 unspecified atom stereocenters. The number of carbonyl (C=O) groups excluding carboxylic acids is 1. The minimum Gasteiger partial charge on any atom is -0.493 e. The third-order valence-corrected chi connectivity index (χ3v) is 7.45. The third kappa shape index (κ3) is 4.89. The van der Waals surface area contributed by atoms with Crippen LogP contribution < -0.4 is 19.5 Å². The van der Waals surface area contributed by atoms with Crippen LogP contribution in [0.25, 0.3) is 0 Å². The number of benzene rings is 2. The van der Waals surface area contributed by atoms with Crippen molar-refractivity contribution in [3.05, 3.63) is 39.9 Å². The molecule has 9 nitrogen and oxygen atoms in total. The van der Waals surface area contributed by atoms with Crippen molar-refractivity contribution in [2.75, 3.05) is 52.9 Å². The largest absolute Gasteiger partial charge is 0.493 e. The number of anilines is 1. The van der Waals surface area contributed by atoms with E-state index in [2.05, 4.69) is 5.32 Å². The van der Waals surface area contributed by atoms with Crippen LogP contribution in [0, 0.1) is 0 Å². The number of carbonyl (C=O) groups is 1. The molecule has 1 heterocycles. The lowest BCUT2D eigenvalue weighted by atomic mass is 10.2. The van der Waals surface area contributed by atoms with Gasteiger partial charge in [-0.2, -0.15) is 4.31 Å². The smallest absolute Gasteiger partial charge is 0.257 e. The van der Waals surface area contributed by atoms with Crippen molar-refractivity contribution >= 4 is 44.8 Å². The van der Waals surface area contributed by atoms with Crippen LogP contribution in [-0.4, -0.2) is 66.3 Å². The van der Waals surface area contributed by atoms with Gasteiger partial charge in [0.2, 0.25) is 15.8 Å². The highest BCUT2D eigenvalue weighted by atomic mass is 35.5. The Labute approximate surface area is 196 Å². The maximum atomic E-state index is 13.1. The van der Waals surface area contributed by atoms with Gasteiger partial charge in [-0.25, -0.2) is 8.42 Å². The van der Waals surface area contributed by atoms with Crippen molar-refractivity contribution in [3.63, 3.8) is 0 Å². The van der Waals surface area contributed by atoms with E-state index in [4.69, 9.17) is 42.1 Å². The Hall–Kier alpha value is -2.24. The SMILES string of the molecule is COc1cc(NC(=O)c2cc(S(=O)(=O)N3CCOCC3)c(Cl)cc2Cl)cc(OC)c1OC. The summed E-state index contributed by atoms with van der Waals surface area (Å²) in [7, 11) is 0.411. The van der Waals surface area contributed by atoms with Crippen LogP contribution in [0.3, 0.4) is 0 Å². The van der Waals surface area contributed by atoms with E-state index in [0.29, 0.717) is 22.9 Å². The van der Waals surface area contributed by atoms with Gasteiger partial charge in [0.25, 0.3) is 5.91 Å². The highest BCUT2D eigenvalue weighted by molar-refractivity contribution is 7.89. The Balaban J connectivity index is 1.96. The molecule has 0 radical (unpaired) electrons. The maximum absolute atomic E-state index is 13.1. The van der Waals surface area contributed by atoms with Gasteiger partial charge in [-0.1, -0.05) is 23.2 Å². The Morgan fingerprint density at radius 3 is 2.09 bits per heavy atom. The molecule has 1 aliphatic heterocycles. The van der Waals surface area contributed by atoms with Crippen LogP contribution in [0.1, 0.15) is 10.4 Å². The molecule has 0 spiro atoms. The van der Waals surface area contributed by atoms with Gasteiger partial charge in [0, 0.05) is 30.9 Å². The number of nitrogens with zero attached hydrogens (tertiary/aromatic N) is 1. The van der Waals surface area contributed by atoms with Crippen molar-refractivity contribution < 1.29 is 32.2 Å². The monoisotopic (exact) mass is 504 g/mol. The van der Waals surface area contributed by atoms with Crippen LogP contribution in [0.5, 0.6) is 17.2 Å². The van der Waals surface area contributed by atoms with Crippen LogP contribution in [0.4, 0.5) is 5.69 Å². The number of hydrogen-bond donors (Lipinski definition) is 1. The van der Waals surface area contributed by atoms with Gasteiger partial charge < -0.3 is 24.3 Å². The number of morpholine rings is 1. The summed E-state index contributed by atoms with van der Waals surface area (Å²) in [6.07, 6.45) is 0. The standard InChI is InChI=1S/C20H22Cl2N2O7S/c1-28-16-8-12(9-17(29-2)19(16)30-3)23-20(25)13-10-18(15(22)11-14(13)21)32(26,27)24-4-6-31-7-5-24/h8-11H,4-7H2,1-3H3,(H,23,25). The minimum atomic E-state index is -3.94. The predicted molar refractivity (Wildman–Crippen MR) is 120 cm³/mol. The molecular formula is C20H22Cl2N2O7S. The van der Waals surface area contributed by atoms with E-state index in [1.807, 2.05) is 0 Å². The van der Waals surface area contributed by atoms with Gasteiger partial charge in [-0.3, -0.25) is 4.79 Å². The number of hydrogen-bond acceptors (Lipinski definition) is 7. The number of sulfonamides is 1. The number of halogens is 2. The number of ether oxygens (including phenoxy) is 4. The average molecular weight is 505 g/mol. The first kappa shape index (κ1) is 24.4. The van der Waals surface area contributed by atoms with Crippen LogP contribution in [0.2, 0.25) is 10.0 Å². The normalized spacial score (nSPS) is 14.7. The molecule has 1 amide bonds. The summed E-state index contributed by atoms with van der Waals surface area (Å²) >= 11 is 12.4. The zero-order valence-corrected chi connectivity index (χ0v) is 19.9. The third-order valence-electron chi connectivity index (χ3n) is 4.78. The van der Waals surface area contributed by atoms with Gasteiger partial charge in [-0.15, -0.1) is 0 Å². The fraction of sp³-hybridized carbons (Fsp3) is 0.350. The number of amides is 1. The minimum absolute atomic E-state index is 0.000805. The molecule has 0 saturated carbocycles. The van der Waals surface area contributed by atoms with E-state index >= 15 is 0 Å². The van der Waals surface area contributed by atoms with Gasteiger partial charge >= 0.3 is 0 Å². The molecule has 0 aromatic heterocycles. The number of rotatable bonds is 7. The molecule has 1 fully saturated rings. The molecule has 1 N–H and O–H groups in total. The zero-order valence-electron chi connectivity index (χ0n) is 17.6. The fourth-order valence-corrected chi connectivity index (χ4v) is 5.42. The first-order valence-corrected chi connectivity index (χ1v) is 11.6. The lowest BCUT2D eigenvalue weighted by Crippen LogP contribution is -2.40. The fourth-order valence-electron chi connectivity index (χ4n) is 3.18. The lowest BCUT2D eigenvalue weighted by Gasteiger charge is -2.26. The quantitative estimate of drug-likeness (QED) is 0.616.